The van der Waals surface area contributed by atoms with Crippen molar-refractivity contribution in [3.8, 4) is 17.6 Å². The number of fused-ring (bicyclic) bond motifs is 3. The largest absolute Gasteiger partial charge is 0.507 e. The molecule has 54 heavy (non-hydrogen) atoms. The van der Waals surface area contributed by atoms with Gasteiger partial charge in [-0.3, -0.25) is 4.52 Å². The molecule has 0 atom stereocenters. The second-order valence-corrected chi connectivity index (χ2v) is 21.9. The van der Waals surface area contributed by atoms with Crippen LogP contribution < -0.4 is 4.52 Å². The summed E-state index contributed by atoms with van der Waals surface area (Å²) in [7, 11) is -1.93. The molecule has 294 valence electrons. The molecule has 0 saturated carbocycles. The van der Waals surface area contributed by atoms with E-state index in [2.05, 4.69) is 119 Å². The Labute approximate surface area is 326 Å². The summed E-state index contributed by atoms with van der Waals surface area (Å²) in [6.45, 7) is 38.9. The Morgan fingerprint density at radius 1 is 0.574 bits per heavy atom. The summed E-state index contributed by atoms with van der Waals surface area (Å²) in [5, 5.41) is 13.1. The maximum atomic E-state index is 12.9. The highest BCUT2D eigenvalue weighted by atomic mass is 31.1. The Bertz CT molecular complexity index is 2020. The molecule has 4 aromatic rings. The summed E-state index contributed by atoms with van der Waals surface area (Å²) in [6, 6.07) is 12.7. The van der Waals surface area contributed by atoms with E-state index >= 15 is 0 Å². The van der Waals surface area contributed by atoms with Crippen LogP contribution in [0, 0.1) is 11.8 Å². The van der Waals surface area contributed by atoms with Crippen LogP contribution in [-0.4, -0.2) is 24.3 Å². The third-order valence-electron chi connectivity index (χ3n) is 9.70. The molecular weight excluding hydrogens is 691 g/mol. The zero-order valence-electron chi connectivity index (χ0n) is 36.3. The van der Waals surface area contributed by atoms with Crippen LogP contribution in [-0.2, 0) is 42.0 Å². The molecule has 0 saturated heterocycles. The third kappa shape index (κ3) is 9.96. The number of carbonyl (C=O) groups is 1. The van der Waals surface area contributed by atoms with Gasteiger partial charge in [-0.2, -0.15) is 0 Å². The van der Waals surface area contributed by atoms with Gasteiger partial charge in [0.25, 0.3) is 0 Å². The molecule has 0 aliphatic heterocycles. The molecule has 0 aliphatic rings. The van der Waals surface area contributed by atoms with E-state index in [1.807, 2.05) is 53.7 Å². The summed E-state index contributed by atoms with van der Waals surface area (Å²) >= 11 is 0. The highest BCUT2D eigenvalue weighted by Gasteiger charge is 2.30. The summed E-state index contributed by atoms with van der Waals surface area (Å²) in [5.74, 6) is 5.20. The molecule has 0 unspecified atom stereocenters. The molecule has 0 spiro atoms. The van der Waals surface area contributed by atoms with Crippen molar-refractivity contribution in [2.45, 2.75) is 157 Å². The van der Waals surface area contributed by atoms with Gasteiger partial charge in [0.2, 0.25) is 0 Å². The minimum Gasteiger partial charge on any atom is -0.507 e. The number of carbonyl (C=O) groups excluding carboxylic acids is 1. The summed E-state index contributed by atoms with van der Waals surface area (Å²) in [4.78, 5) is 12.9. The van der Waals surface area contributed by atoms with E-state index < -0.39 is 14.2 Å². The topological polar surface area (TPSA) is 82.0 Å². The van der Waals surface area contributed by atoms with Crippen LogP contribution in [0.2, 0.25) is 0 Å². The average molecular weight is 757 g/mol. The van der Waals surface area contributed by atoms with Crippen LogP contribution in [0.3, 0.4) is 0 Å². The van der Waals surface area contributed by atoms with Gasteiger partial charge in [0, 0.05) is 44.5 Å². The standard InChI is InChI=1S/C47H65O6P/c1-42(2,3)30-25-32-33-26-31(43(4,5)6)28-37(47(16,17)18)41(33)53-54(52-40(32)36(27-30)46(13,14)15)51-22-21-50-38(48)20-19-29-23-34(44(7,8)9)39(49)35(24-29)45(10,11)12/h23-28,49H,21-22H2,1-18H3. The van der Waals surface area contributed by atoms with Gasteiger partial charge < -0.3 is 18.2 Å². The predicted octanol–water partition coefficient (Wildman–Crippen LogP) is 12.8. The molecule has 6 nitrogen and oxygen atoms in total. The number of phenolic OH excluding ortho intramolecular Hbond substituents is 1. The van der Waals surface area contributed by atoms with Crippen LogP contribution in [0.25, 0.3) is 21.9 Å². The van der Waals surface area contributed by atoms with Crippen LogP contribution in [0.4, 0.5) is 0 Å². The van der Waals surface area contributed by atoms with Crippen molar-refractivity contribution in [2.24, 2.45) is 0 Å². The molecule has 1 N–H and O–H groups in total. The van der Waals surface area contributed by atoms with Gasteiger partial charge in [-0.1, -0.05) is 143 Å². The lowest BCUT2D eigenvalue weighted by Gasteiger charge is -2.27. The van der Waals surface area contributed by atoms with Gasteiger partial charge in [0.15, 0.2) is 0 Å². The molecule has 0 radical (unpaired) electrons. The van der Waals surface area contributed by atoms with Crippen LogP contribution >= 0.6 is 8.24 Å². The first-order chi connectivity index (χ1) is 24.4. The Hall–Kier alpha value is -3.65. The third-order valence-corrected chi connectivity index (χ3v) is 10.8. The molecule has 1 aromatic heterocycles. The fraction of sp³-hybridized carbons (Fsp3) is 0.553. The summed E-state index contributed by atoms with van der Waals surface area (Å²) < 4.78 is 25.4. The number of esters is 1. The number of ether oxygens (including phenoxy) is 1. The molecule has 1 heterocycles. The highest BCUT2D eigenvalue weighted by Crippen LogP contribution is 2.45. The van der Waals surface area contributed by atoms with Gasteiger partial charge in [-0.15, -0.1) is 0 Å². The Balaban J connectivity index is 1.79. The van der Waals surface area contributed by atoms with Crippen molar-refractivity contribution in [1.82, 2.24) is 0 Å². The van der Waals surface area contributed by atoms with Gasteiger partial charge >= 0.3 is 14.2 Å². The molecule has 3 aromatic carbocycles. The summed E-state index contributed by atoms with van der Waals surface area (Å²) in [6.07, 6.45) is 0. The lowest BCUT2D eigenvalue weighted by atomic mass is 9.77. The quantitative estimate of drug-likeness (QED) is 0.127. The maximum Gasteiger partial charge on any atom is 0.387 e. The van der Waals surface area contributed by atoms with E-state index in [-0.39, 0.29) is 51.5 Å². The van der Waals surface area contributed by atoms with E-state index in [0.717, 1.165) is 44.2 Å². The van der Waals surface area contributed by atoms with Crippen molar-refractivity contribution in [1.29, 1.82) is 0 Å². The minimum atomic E-state index is -1.93. The van der Waals surface area contributed by atoms with E-state index in [1.54, 1.807) is 0 Å². The lowest BCUT2D eigenvalue weighted by Crippen LogP contribution is -2.17. The number of phenols is 1. The lowest BCUT2D eigenvalue weighted by molar-refractivity contribution is -0.137. The summed E-state index contributed by atoms with van der Waals surface area (Å²) in [5.41, 5.74) is 7.02. The molecule has 4 rings (SSSR count). The van der Waals surface area contributed by atoms with Crippen molar-refractivity contribution >= 4 is 36.1 Å². The first-order valence-corrected chi connectivity index (χ1v) is 20.2. The number of aromatic hydroxyl groups is 1. The first kappa shape index (κ1) is 43.1. The Morgan fingerprint density at radius 2 is 0.963 bits per heavy atom. The monoisotopic (exact) mass is 756 g/mol. The molecule has 0 bridgehead atoms. The zero-order chi connectivity index (χ0) is 41.0. The van der Waals surface area contributed by atoms with Gasteiger partial charge in [0.1, 0.15) is 23.5 Å². The van der Waals surface area contributed by atoms with E-state index in [9.17, 15) is 9.90 Å². The maximum absolute atomic E-state index is 12.9. The van der Waals surface area contributed by atoms with Crippen molar-refractivity contribution in [3.63, 3.8) is 0 Å². The SMILES string of the molecule is CC(C)(C)c1cc(C(C)(C)C)c2op(OCCOC(=O)C#Cc3cc(C(C)(C)C)c(O)c(C(C)(C)C)c3)oc3c(C(C)(C)C)cc(C(C)(C)C)cc3c2c1. The van der Waals surface area contributed by atoms with Crippen molar-refractivity contribution in [3.05, 3.63) is 75.3 Å². The van der Waals surface area contributed by atoms with Crippen LogP contribution in [0.5, 0.6) is 5.75 Å². The second kappa shape index (κ2) is 14.8. The van der Waals surface area contributed by atoms with E-state index in [0.29, 0.717) is 5.56 Å². The Morgan fingerprint density at radius 3 is 1.31 bits per heavy atom. The first-order valence-electron chi connectivity index (χ1n) is 19.1. The van der Waals surface area contributed by atoms with Crippen molar-refractivity contribution in [2.75, 3.05) is 13.2 Å². The number of benzene rings is 3. The molecule has 7 heteroatoms. The van der Waals surface area contributed by atoms with Gasteiger partial charge in [-0.05, 0) is 67.9 Å². The number of hydrogen-bond acceptors (Lipinski definition) is 6. The molecular formula is C47H65O6P. The van der Waals surface area contributed by atoms with E-state index in [4.69, 9.17) is 17.7 Å². The smallest absolute Gasteiger partial charge is 0.387 e. The number of rotatable bonds is 4. The zero-order valence-corrected chi connectivity index (χ0v) is 37.2. The van der Waals surface area contributed by atoms with Crippen molar-refractivity contribution < 1.29 is 27.6 Å². The molecule has 0 amide bonds. The minimum absolute atomic E-state index is 0.0287. The molecule has 0 fully saturated rings. The molecule has 0 aliphatic carbocycles. The predicted molar refractivity (Wildman–Crippen MR) is 226 cm³/mol. The Kier molecular flexibility index (Phi) is 11.8. The van der Waals surface area contributed by atoms with E-state index in [1.165, 1.54) is 11.1 Å². The average Bonchev–Trinajstić information content (AvgIpc) is 3.15. The normalized spacial score (nSPS) is 13.2. The number of hydrogen-bond donors (Lipinski definition) is 1. The van der Waals surface area contributed by atoms with Crippen LogP contribution in [0.15, 0.2) is 44.8 Å². The fourth-order valence-electron chi connectivity index (χ4n) is 6.31. The second-order valence-electron chi connectivity index (χ2n) is 20.8. The fourth-order valence-corrected chi connectivity index (χ4v) is 7.37. The van der Waals surface area contributed by atoms with Gasteiger partial charge in [0.05, 0.1) is 6.61 Å². The highest BCUT2D eigenvalue weighted by molar-refractivity contribution is 7.31. The van der Waals surface area contributed by atoms with Crippen LogP contribution in [0.1, 0.15) is 164 Å². The van der Waals surface area contributed by atoms with Gasteiger partial charge in [-0.25, -0.2) is 4.79 Å².